The van der Waals surface area contributed by atoms with Gasteiger partial charge in [0.05, 0.1) is 17.4 Å². The second kappa shape index (κ2) is 6.39. The van der Waals surface area contributed by atoms with Crippen LogP contribution in [-0.2, 0) is 4.74 Å². The average Bonchev–Trinajstić information content (AvgIpc) is 2.82. The molecule has 26 heavy (non-hydrogen) atoms. The molecule has 0 aromatic carbocycles. The monoisotopic (exact) mass is 377 g/mol. The lowest BCUT2D eigenvalue weighted by atomic mass is 10.1. The standard InChI is InChI=1S/C17H23N5O3S/c1-8-9(2)20-21-15-11(8)12(18)13(26-15)14(23)19-10-6-22(7-10)16(24)25-17(3,4)5/h10H,6-7,18H2,1-5H3,(H,19,23). The molecule has 2 aromatic heterocycles. The molecule has 3 rings (SSSR count). The lowest BCUT2D eigenvalue weighted by Gasteiger charge is -2.39. The fourth-order valence-corrected chi connectivity index (χ4v) is 3.71. The molecule has 2 amide bonds. The van der Waals surface area contributed by atoms with Crippen LogP contribution in [0.5, 0.6) is 0 Å². The summed E-state index contributed by atoms with van der Waals surface area (Å²) >= 11 is 1.23. The Kier molecular flexibility index (Phi) is 4.51. The number of hydrogen-bond donors (Lipinski definition) is 2. The largest absolute Gasteiger partial charge is 0.444 e. The van der Waals surface area contributed by atoms with Crippen LogP contribution < -0.4 is 11.1 Å². The topological polar surface area (TPSA) is 110 Å². The number of nitrogens with zero attached hydrogens (tertiary/aromatic N) is 3. The van der Waals surface area contributed by atoms with Crippen molar-refractivity contribution in [3.63, 3.8) is 0 Å². The number of ether oxygens (including phenoxy) is 1. The number of rotatable bonds is 2. The number of thiophene rings is 1. The molecule has 0 radical (unpaired) electrons. The van der Waals surface area contributed by atoms with E-state index in [9.17, 15) is 9.59 Å². The van der Waals surface area contributed by atoms with Crippen molar-refractivity contribution < 1.29 is 14.3 Å². The highest BCUT2D eigenvalue weighted by Gasteiger charge is 2.35. The van der Waals surface area contributed by atoms with Gasteiger partial charge in [0.2, 0.25) is 0 Å². The summed E-state index contributed by atoms with van der Waals surface area (Å²) in [6.07, 6.45) is -0.370. The lowest BCUT2D eigenvalue weighted by Crippen LogP contribution is -2.61. The second-order valence-electron chi connectivity index (χ2n) is 7.49. The number of fused-ring (bicyclic) bond motifs is 1. The van der Waals surface area contributed by atoms with E-state index in [1.54, 1.807) is 4.90 Å². The van der Waals surface area contributed by atoms with Crippen LogP contribution in [0.25, 0.3) is 10.2 Å². The van der Waals surface area contributed by atoms with E-state index in [-0.39, 0.29) is 18.0 Å². The van der Waals surface area contributed by atoms with E-state index in [0.29, 0.717) is 28.5 Å². The van der Waals surface area contributed by atoms with Gasteiger partial charge in [-0.25, -0.2) is 4.79 Å². The van der Waals surface area contributed by atoms with Crippen molar-refractivity contribution in [3.05, 3.63) is 16.1 Å². The van der Waals surface area contributed by atoms with E-state index in [0.717, 1.165) is 16.6 Å². The molecule has 0 saturated carbocycles. The highest BCUT2D eigenvalue weighted by Crippen LogP contribution is 2.34. The summed E-state index contributed by atoms with van der Waals surface area (Å²) in [5.41, 5.74) is 7.81. The minimum Gasteiger partial charge on any atom is -0.444 e. The molecule has 2 aromatic rings. The quantitative estimate of drug-likeness (QED) is 0.830. The minimum absolute atomic E-state index is 0.117. The van der Waals surface area contributed by atoms with Crippen molar-refractivity contribution in [2.24, 2.45) is 0 Å². The molecule has 1 aliphatic rings. The number of nitrogens with one attached hydrogen (secondary N) is 1. The number of hydrogen-bond acceptors (Lipinski definition) is 7. The first-order valence-electron chi connectivity index (χ1n) is 8.37. The minimum atomic E-state index is -0.534. The zero-order chi connectivity index (χ0) is 19.2. The van der Waals surface area contributed by atoms with Crippen LogP contribution in [0.15, 0.2) is 0 Å². The number of aromatic nitrogens is 2. The van der Waals surface area contributed by atoms with E-state index in [1.165, 1.54) is 11.3 Å². The van der Waals surface area contributed by atoms with Gasteiger partial charge >= 0.3 is 6.09 Å². The molecule has 9 heteroatoms. The van der Waals surface area contributed by atoms with Gasteiger partial charge in [-0.1, -0.05) is 0 Å². The van der Waals surface area contributed by atoms with Crippen LogP contribution in [0.3, 0.4) is 0 Å². The van der Waals surface area contributed by atoms with Crippen molar-refractivity contribution in [2.45, 2.75) is 46.3 Å². The molecule has 0 aliphatic carbocycles. The zero-order valence-corrected chi connectivity index (χ0v) is 16.4. The molecule has 1 fully saturated rings. The Labute approximate surface area is 155 Å². The van der Waals surface area contributed by atoms with Crippen LogP contribution in [-0.4, -0.2) is 51.8 Å². The summed E-state index contributed by atoms with van der Waals surface area (Å²) in [7, 11) is 0. The van der Waals surface area contributed by atoms with Crippen LogP contribution in [0, 0.1) is 13.8 Å². The lowest BCUT2D eigenvalue weighted by molar-refractivity contribution is 0.00535. The number of aryl methyl sites for hydroxylation is 2. The first-order valence-corrected chi connectivity index (χ1v) is 9.19. The molecule has 3 heterocycles. The first-order chi connectivity index (χ1) is 12.1. The summed E-state index contributed by atoms with van der Waals surface area (Å²) in [4.78, 5) is 27.2. The smallest absolute Gasteiger partial charge is 0.410 e. The predicted molar refractivity (Wildman–Crippen MR) is 100 cm³/mol. The Morgan fingerprint density at radius 2 is 1.92 bits per heavy atom. The van der Waals surface area contributed by atoms with Crippen molar-refractivity contribution in [3.8, 4) is 0 Å². The fraction of sp³-hybridized carbons (Fsp3) is 0.529. The normalized spacial score (nSPS) is 15.0. The van der Waals surface area contributed by atoms with E-state index >= 15 is 0 Å². The summed E-state index contributed by atoms with van der Waals surface area (Å²) in [6, 6.07) is -0.117. The molecule has 1 saturated heterocycles. The molecular weight excluding hydrogens is 354 g/mol. The Morgan fingerprint density at radius 1 is 1.27 bits per heavy atom. The molecule has 1 aliphatic heterocycles. The van der Waals surface area contributed by atoms with Gasteiger partial charge in [-0.05, 0) is 40.2 Å². The van der Waals surface area contributed by atoms with Crippen LogP contribution in [0.4, 0.5) is 10.5 Å². The Balaban J connectivity index is 1.66. The number of carbonyl (C=O) groups is 2. The summed E-state index contributed by atoms with van der Waals surface area (Å²) < 4.78 is 5.30. The number of carbonyl (C=O) groups excluding carboxylic acids is 2. The van der Waals surface area contributed by atoms with Gasteiger partial charge < -0.3 is 20.7 Å². The van der Waals surface area contributed by atoms with Crippen molar-refractivity contribution in [1.82, 2.24) is 20.4 Å². The SMILES string of the molecule is Cc1nnc2sc(C(=O)NC3CN(C(=O)OC(C)(C)C)C3)c(N)c2c1C. The highest BCUT2D eigenvalue weighted by atomic mass is 32.1. The second-order valence-corrected chi connectivity index (χ2v) is 8.49. The Bertz CT molecular complexity index is 881. The number of nitrogen functional groups attached to an aromatic ring is 1. The molecule has 0 atom stereocenters. The third-order valence-corrected chi connectivity index (χ3v) is 5.30. The van der Waals surface area contributed by atoms with E-state index in [1.807, 2.05) is 34.6 Å². The summed E-state index contributed by atoms with van der Waals surface area (Å²) in [6.45, 7) is 10.1. The average molecular weight is 377 g/mol. The highest BCUT2D eigenvalue weighted by molar-refractivity contribution is 7.21. The van der Waals surface area contributed by atoms with Gasteiger partial charge in [-0.2, -0.15) is 5.10 Å². The Hall–Kier alpha value is -2.42. The van der Waals surface area contributed by atoms with Gasteiger partial charge in [-0.3, -0.25) is 4.79 Å². The van der Waals surface area contributed by atoms with Gasteiger partial charge in [0.1, 0.15) is 15.3 Å². The zero-order valence-electron chi connectivity index (χ0n) is 15.5. The van der Waals surface area contributed by atoms with Gasteiger partial charge in [0, 0.05) is 18.5 Å². The number of likely N-dealkylation sites (tertiary alicyclic amines) is 1. The van der Waals surface area contributed by atoms with Crippen LogP contribution >= 0.6 is 11.3 Å². The molecule has 0 unspecified atom stereocenters. The van der Waals surface area contributed by atoms with Gasteiger partial charge in [0.15, 0.2) is 0 Å². The Morgan fingerprint density at radius 3 is 2.54 bits per heavy atom. The molecular formula is C17H23N5O3S. The van der Waals surface area contributed by atoms with Crippen molar-refractivity contribution in [1.29, 1.82) is 0 Å². The van der Waals surface area contributed by atoms with Crippen LogP contribution in [0.1, 0.15) is 41.7 Å². The molecule has 8 nitrogen and oxygen atoms in total. The van der Waals surface area contributed by atoms with Gasteiger partial charge in [0.25, 0.3) is 5.91 Å². The van der Waals surface area contributed by atoms with E-state index in [4.69, 9.17) is 10.5 Å². The first kappa shape index (κ1) is 18.4. The molecule has 140 valence electrons. The summed E-state index contributed by atoms with van der Waals surface area (Å²) in [5, 5.41) is 11.9. The maximum atomic E-state index is 12.6. The third-order valence-electron chi connectivity index (χ3n) is 4.21. The summed E-state index contributed by atoms with van der Waals surface area (Å²) in [5.74, 6) is -0.253. The van der Waals surface area contributed by atoms with Crippen molar-refractivity contribution >= 4 is 39.2 Å². The maximum Gasteiger partial charge on any atom is 0.410 e. The number of anilines is 1. The van der Waals surface area contributed by atoms with Crippen molar-refractivity contribution in [2.75, 3.05) is 18.8 Å². The van der Waals surface area contributed by atoms with Crippen LogP contribution in [0.2, 0.25) is 0 Å². The fourth-order valence-electron chi connectivity index (χ4n) is 2.71. The predicted octanol–water partition coefficient (Wildman–Crippen LogP) is 2.24. The van der Waals surface area contributed by atoms with E-state index < -0.39 is 5.60 Å². The molecule has 0 spiro atoms. The third kappa shape index (κ3) is 3.44. The number of nitrogens with two attached hydrogens (primary N) is 1. The molecule has 0 bridgehead atoms. The van der Waals surface area contributed by atoms with Gasteiger partial charge in [-0.15, -0.1) is 16.4 Å². The number of amides is 2. The maximum absolute atomic E-state index is 12.6. The molecule has 3 N–H and O–H groups in total. The van der Waals surface area contributed by atoms with E-state index in [2.05, 4.69) is 15.5 Å².